The van der Waals surface area contributed by atoms with E-state index >= 15 is 0 Å². The summed E-state index contributed by atoms with van der Waals surface area (Å²) in [5.74, 6) is -0.00611. The summed E-state index contributed by atoms with van der Waals surface area (Å²) >= 11 is 0. The second kappa shape index (κ2) is 11.0. The molecule has 0 N–H and O–H groups in total. The Labute approximate surface area is 199 Å². The van der Waals surface area contributed by atoms with Gasteiger partial charge in [0.2, 0.25) is 5.91 Å². The molecule has 3 aromatic carbocycles. The van der Waals surface area contributed by atoms with Crippen LogP contribution in [0.1, 0.15) is 36.5 Å². The van der Waals surface area contributed by atoms with Gasteiger partial charge in [-0.05, 0) is 67.6 Å². The number of anilines is 1. The Balaban J connectivity index is 1.74. The standard InChI is InChI=1S/C30H36N2O/c1-22(2)21-32(29-17-16-27(20-24(29)4)26-13-8-7-9-14-26)19-18-31(6)30(33)25(5)28-15-11-10-12-23(28)3/h7-17,20,25H,1,18-19,21H2,2-6H3. The Bertz CT molecular complexity index is 1100. The molecule has 3 nitrogen and oxygen atoms in total. The number of rotatable bonds is 9. The number of benzene rings is 3. The zero-order chi connectivity index (χ0) is 24.0. The van der Waals surface area contributed by atoms with Crippen molar-refractivity contribution in [3.63, 3.8) is 0 Å². The highest BCUT2D eigenvalue weighted by atomic mass is 16.2. The number of amides is 1. The van der Waals surface area contributed by atoms with E-state index in [4.69, 9.17) is 0 Å². The summed E-state index contributed by atoms with van der Waals surface area (Å²) in [4.78, 5) is 17.3. The van der Waals surface area contributed by atoms with Crippen molar-refractivity contribution in [2.24, 2.45) is 0 Å². The van der Waals surface area contributed by atoms with Crippen LogP contribution in [0.15, 0.2) is 84.9 Å². The quantitative estimate of drug-likeness (QED) is 0.349. The third kappa shape index (κ3) is 6.13. The minimum Gasteiger partial charge on any atom is -0.366 e. The SMILES string of the molecule is C=C(C)CN(CCN(C)C(=O)C(C)c1ccccc1C)c1ccc(-c2ccccc2)cc1C. The molecule has 3 aromatic rings. The maximum Gasteiger partial charge on any atom is 0.229 e. The predicted molar refractivity (Wildman–Crippen MR) is 141 cm³/mol. The van der Waals surface area contributed by atoms with Gasteiger partial charge in [0.05, 0.1) is 5.92 Å². The van der Waals surface area contributed by atoms with Gasteiger partial charge in [-0.25, -0.2) is 0 Å². The number of likely N-dealkylation sites (N-methyl/N-ethyl adjacent to an activating group) is 1. The van der Waals surface area contributed by atoms with Crippen LogP contribution in [0.3, 0.4) is 0 Å². The Morgan fingerprint density at radius 2 is 1.55 bits per heavy atom. The van der Waals surface area contributed by atoms with Gasteiger partial charge >= 0.3 is 0 Å². The summed E-state index contributed by atoms with van der Waals surface area (Å²) in [6, 6.07) is 25.2. The maximum atomic E-state index is 13.1. The number of nitrogens with zero attached hydrogens (tertiary/aromatic N) is 2. The lowest BCUT2D eigenvalue weighted by Crippen LogP contribution is -2.39. The normalized spacial score (nSPS) is 11.7. The fourth-order valence-corrected chi connectivity index (χ4v) is 4.35. The Morgan fingerprint density at radius 1 is 0.879 bits per heavy atom. The largest absolute Gasteiger partial charge is 0.366 e. The van der Waals surface area contributed by atoms with Gasteiger partial charge in [0.25, 0.3) is 0 Å². The number of hydrogen-bond donors (Lipinski definition) is 0. The Kier molecular flexibility index (Phi) is 8.11. The molecule has 0 saturated carbocycles. The molecule has 1 atom stereocenters. The first-order chi connectivity index (χ1) is 15.8. The molecule has 172 valence electrons. The maximum absolute atomic E-state index is 13.1. The molecule has 0 bridgehead atoms. The molecule has 0 saturated heterocycles. The van der Waals surface area contributed by atoms with Crippen LogP contribution in [0, 0.1) is 13.8 Å². The highest BCUT2D eigenvalue weighted by Gasteiger charge is 2.21. The zero-order valence-electron chi connectivity index (χ0n) is 20.6. The molecule has 0 aromatic heterocycles. The molecule has 0 aliphatic rings. The molecule has 0 radical (unpaired) electrons. The fourth-order valence-electron chi connectivity index (χ4n) is 4.35. The van der Waals surface area contributed by atoms with Crippen LogP contribution in [0.5, 0.6) is 0 Å². The van der Waals surface area contributed by atoms with Gasteiger partial charge in [0.15, 0.2) is 0 Å². The second-order valence-corrected chi connectivity index (χ2v) is 9.08. The van der Waals surface area contributed by atoms with E-state index in [1.165, 1.54) is 22.4 Å². The summed E-state index contributed by atoms with van der Waals surface area (Å²) in [5.41, 5.74) is 8.19. The highest BCUT2D eigenvalue weighted by Crippen LogP contribution is 2.28. The highest BCUT2D eigenvalue weighted by molar-refractivity contribution is 5.83. The molecule has 3 rings (SSSR count). The first kappa shape index (κ1) is 24.3. The summed E-state index contributed by atoms with van der Waals surface area (Å²) in [5, 5.41) is 0. The second-order valence-electron chi connectivity index (χ2n) is 9.08. The predicted octanol–water partition coefficient (Wildman–Crippen LogP) is 6.62. The zero-order valence-corrected chi connectivity index (χ0v) is 20.6. The summed E-state index contributed by atoms with van der Waals surface area (Å²) < 4.78 is 0. The van der Waals surface area contributed by atoms with Crippen molar-refractivity contribution < 1.29 is 4.79 Å². The lowest BCUT2D eigenvalue weighted by molar-refractivity contribution is -0.131. The van der Waals surface area contributed by atoms with E-state index < -0.39 is 0 Å². The van der Waals surface area contributed by atoms with Gasteiger partial charge in [0, 0.05) is 32.4 Å². The van der Waals surface area contributed by atoms with E-state index in [0.717, 1.165) is 29.8 Å². The van der Waals surface area contributed by atoms with Gasteiger partial charge < -0.3 is 9.80 Å². The topological polar surface area (TPSA) is 23.6 Å². The monoisotopic (exact) mass is 440 g/mol. The number of carbonyl (C=O) groups excluding carboxylic acids is 1. The van der Waals surface area contributed by atoms with Gasteiger partial charge in [-0.15, -0.1) is 0 Å². The number of carbonyl (C=O) groups is 1. The lowest BCUT2D eigenvalue weighted by Gasteiger charge is -2.30. The van der Waals surface area contributed by atoms with E-state index in [9.17, 15) is 4.79 Å². The molecule has 3 heteroatoms. The molecule has 0 aliphatic heterocycles. The average Bonchev–Trinajstić information content (AvgIpc) is 2.81. The third-order valence-corrected chi connectivity index (χ3v) is 6.21. The van der Waals surface area contributed by atoms with Crippen LogP contribution >= 0.6 is 0 Å². The van der Waals surface area contributed by atoms with Gasteiger partial charge in [-0.1, -0.05) is 72.8 Å². The molecular formula is C30H36N2O. The average molecular weight is 441 g/mol. The molecule has 0 fully saturated rings. The Hall–Kier alpha value is -3.33. The fraction of sp³-hybridized carbons (Fsp3) is 0.300. The Morgan fingerprint density at radius 3 is 2.18 bits per heavy atom. The van der Waals surface area contributed by atoms with Crippen molar-refractivity contribution >= 4 is 11.6 Å². The summed E-state index contributed by atoms with van der Waals surface area (Å²) in [7, 11) is 1.90. The summed E-state index contributed by atoms with van der Waals surface area (Å²) in [6.07, 6.45) is 0. The van der Waals surface area contributed by atoms with Crippen molar-refractivity contribution in [2.75, 3.05) is 31.6 Å². The first-order valence-electron chi connectivity index (χ1n) is 11.6. The van der Waals surface area contributed by atoms with Crippen LogP contribution in [-0.4, -0.2) is 37.5 Å². The van der Waals surface area contributed by atoms with Crippen molar-refractivity contribution in [1.82, 2.24) is 4.90 Å². The molecular weight excluding hydrogens is 404 g/mol. The van der Waals surface area contributed by atoms with E-state index in [1.807, 2.05) is 37.1 Å². The minimum atomic E-state index is -0.155. The van der Waals surface area contributed by atoms with E-state index in [-0.39, 0.29) is 11.8 Å². The van der Waals surface area contributed by atoms with E-state index in [1.54, 1.807) is 0 Å². The van der Waals surface area contributed by atoms with Crippen molar-refractivity contribution in [2.45, 2.75) is 33.6 Å². The molecule has 1 unspecified atom stereocenters. The lowest BCUT2D eigenvalue weighted by atomic mass is 9.95. The van der Waals surface area contributed by atoms with Gasteiger partial charge in [-0.3, -0.25) is 4.79 Å². The molecule has 33 heavy (non-hydrogen) atoms. The van der Waals surface area contributed by atoms with E-state index in [0.29, 0.717) is 6.54 Å². The molecule has 0 aliphatic carbocycles. The number of aryl methyl sites for hydroxylation is 2. The van der Waals surface area contributed by atoms with Gasteiger partial charge in [-0.2, -0.15) is 0 Å². The van der Waals surface area contributed by atoms with Crippen LogP contribution in [0.25, 0.3) is 11.1 Å². The molecule has 1 amide bonds. The summed E-state index contributed by atoms with van der Waals surface area (Å²) in [6.45, 7) is 14.6. The smallest absolute Gasteiger partial charge is 0.229 e. The van der Waals surface area contributed by atoms with E-state index in [2.05, 4.69) is 86.8 Å². The molecule has 0 heterocycles. The van der Waals surface area contributed by atoms with Gasteiger partial charge in [0.1, 0.15) is 0 Å². The van der Waals surface area contributed by atoms with Crippen molar-refractivity contribution in [1.29, 1.82) is 0 Å². The number of hydrogen-bond acceptors (Lipinski definition) is 2. The van der Waals surface area contributed by atoms with Crippen molar-refractivity contribution in [3.05, 3.63) is 102 Å². The van der Waals surface area contributed by atoms with Crippen LogP contribution in [0.2, 0.25) is 0 Å². The van der Waals surface area contributed by atoms with Crippen LogP contribution < -0.4 is 4.90 Å². The molecule has 0 spiro atoms. The van der Waals surface area contributed by atoms with Crippen LogP contribution in [-0.2, 0) is 4.79 Å². The van der Waals surface area contributed by atoms with Crippen molar-refractivity contribution in [3.8, 4) is 11.1 Å². The third-order valence-electron chi connectivity index (χ3n) is 6.21. The first-order valence-corrected chi connectivity index (χ1v) is 11.6. The van der Waals surface area contributed by atoms with Crippen LogP contribution in [0.4, 0.5) is 5.69 Å². The minimum absolute atomic E-state index is 0.149.